The van der Waals surface area contributed by atoms with Gasteiger partial charge in [-0.3, -0.25) is 0 Å². The highest BCUT2D eigenvalue weighted by Gasteiger charge is 2.47. The van der Waals surface area contributed by atoms with E-state index < -0.39 is 0 Å². The SMILES string of the molecule is CC(C)n1cnnc1C1(CN)CC1. The zero-order valence-corrected chi connectivity index (χ0v) is 8.20. The number of hydrogen-bond donors (Lipinski definition) is 1. The lowest BCUT2D eigenvalue weighted by Gasteiger charge is -2.15. The highest BCUT2D eigenvalue weighted by Crippen LogP contribution is 2.46. The van der Waals surface area contributed by atoms with E-state index in [1.54, 1.807) is 6.33 Å². The monoisotopic (exact) mass is 180 g/mol. The molecule has 0 atom stereocenters. The summed E-state index contributed by atoms with van der Waals surface area (Å²) >= 11 is 0. The van der Waals surface area contributed by atoms with Crippen LogP contribution >= 0.6 is 0 Å². The van der Waals surface area contributed by atoms with Crippen molar-refractivity contribution in [3.8, 4) is 0 Å². The molecule has 1 fully saturated rings. The van der Waals surface area contributed by atoms with Crippen molar-refractivity contribution in [2.75, 3.05) is 6.54 Å². The molecule has 1 aliphatic rings. The van der Waals surface area contributed by atoms with E-state index in [0.29, 0.717) is 12.6 Å². The van der Waals surface area contributed by atoms with Crippen LogP contribution in [0.4, 0.5) is 0 Å². The summed E-state index contributed by atoms with van der Waals surface area (Å²) in [5.74, 6) is 1.07. The lowest BCUT2D eigenvalue weighted by atomic mass is 10.1. The van der Waals surface area contributed by atoms with Gasteiger partial charge in [-0.05, 0) is 26.7 Å². The second-order valence-electron chi connectivity index (χ2n) is 4.14. The average Bonchev–Trinajstić information content (AvgIpc) is 2.74. The van der Waals surface area contributed by atoms with E-state index in [-0.39, 0.29) is 5.41 Å². The molecule has 0 amide bonds. The Hall–Kier alpha value is -0.900. The van der Waals surface area contributed by atoms with E-state index in [1.165, 1.54) is 0 Å². The predicted molar refractivity (Wildman–Crippen MR) is 50.4 cm³/mol. The van der Waals surface area contributed by atoms with Gasteiger partial charge in [-0.25, -0.2) is 0 Å². The topological polar surface area (TPSA) is 56.7 Å². The van der Waals surface area contributed by atoms with Crippen LogP contribution in [0.15, 0.2) is 6.33 Å². The van der Waals surface area contributed by atoms with Gasteiger partial charge in [0.2, 0.25) is 0 Å². The molecular formula is C9H16N4. The zero-order chi connectivity index (χ0) is 9.47. The number of rotatable bonds is 3. The van der Waals surface area contributed by atoms with Gasteiger partial charge in [0.15, 0.2) is 0 Å². The molecule has 0 saturated heterocycles. The van der Waals surface area contributed by atoms with Crippen LogP contribution in [0.2, 0.25) is 0 Å². The highest BCUT2D eigenvalue weighted by molar-refractivity contribution is 5.19. The Morgan fingerprint density at radius 2 is 2.31 bits per heavy atom. The Labute approximate surface area is 78.1 Å². The molecule has 1 aromatic heterocycles. The summed E-state index contributed by atoms with van der Waals surface area (Å²) in [6.45, 7) is 4.97. The van der Waals surface area contributed by atoms with Gasteiger partial charge in [-0.1, -0.05) is 0 Å². The minimum absolute atomic E-state index is 0.154. The zero-order valence-electron chi connectivity index (χ0n) is 8.20. The lowest BCUT2D eigenvalue weighted by molar-refractivity contribution is 0.519. The Balaban J connectivity index is 2.35. The van der Waals surface area contributed by atoms with Crippen LogP contribution in [-0.4, -0.2) is 21.3 Å². The molecule has 1 saturated carbocycles. The van der Waals surface area contributed by atoms with Gasteiger partial charge in [0.1, 0.15) is 12.2 Å². The van der Waals surface area contributed by atoms with Gasteiger partial charge in [0.05, 0.1) is 0 Å². The first-order chi connectivity index (χ1) is 6.19. The molecule has 13 heavy (non-hydrogen) atoms. The van der Waals surface area contributed by atoms with Crippen molar-refractivity contribution < 1.29 is 0 Å². The third-order valence-corrected chi connectivity index (χ3v) is 2.85. The summed E-state index contributed by atoms with van der Waals surface area (Å²) in [4.78, 5) is 0. The average molecular weight is 180 g/mol. The van der Waals surface area contributed by atoms with E-state index in [0.717, 1.165) is 18.7 Å². The quantitative estimate of drug-likeness (QED) is 0.750. The van der Waals surface area contributed by atoms with Crippen LogP contribution < -0.4 is 5.73 Å². The normalized spacial score (nSPS) is 19.4. The van der Waals surface area contributed by atoms with Gasteiger partial charge in [-0.15, -0.1) is 10.2 Å². The van der Waals surface area contributed by atoms with E-state index in [2.05, 4.69) is 28.6 Å². The van der Waals surface area contributed by atoms with Crippen LogP contribution in [-0.2, 0) is 5.41 Å². The van der Waals surface area contributed by atoms with Crippen LogP contribution in [0, 0.1) is 0 Å². The minimum Gasteiger partial charge on any atom is -0.329 e. The summed E-state index contributed by atoms with van der Waals surface area (Å²) in [6, 6.07) is 0.425. The molecule has 1 aromatic rings. The molecule has 2 N–H and O–H groups in total. The van der Waals surface area contributed by atoms with Crippen molar-refractivity contribution >= 4 is 0 Å². The third-order valence-electron chi connectivity index (χ3n) is 2.85. The molecule has 72 valence electrons. The predicted octanol–water partition coefficient (Wildman–Crippen LogP) is 0.849. The highest BCUT2D eigenvalue weighted by atomic mass is 15.3. The second-order valence-corrected chi connectivity index (χ2v) is 4.14. The molecule has 4 nitrogen and oxygen atoms in total. The van der Waals surface area contributed by atoms with Crippen LogP contribution in [0.1, 0.15) is 38.6 Å². The smallest absolute Gasteiger partial charge is 0.140 e. The van der Waals surface area contributed by atoms with Gasteiger partial charge in [0, 0.05) is 18.0 Å². The summed E-state index contributed by atoms with van der Waals surface area (Å²) in [6.07, 6.45) is 4.12. The van der Waals surface area contributed by atoms with Crippen molar-refractivity contribution in [2.45, 2.75) is 38.1 Å². The van der Waals surface area contributed by atoms with E-state index in [4.69, 9.17) is 5.73 Å². The van der Waals surface area contributed by atoms with E-state index >= 15 is 0 Å². The molecule has 0 aliphatic heterocycles. The second kappa shape index (κ2) is 2.80. The van der Waals surface area contributed by atoms with Crippen LogP contribution in [0.25, 0.3) is 0 Å². The Bertz CT molecular complexity index is 298. The number of aromatic nitrogens is 3. The minimum atomic E-state index is 0.154. The van der Waals surface area contributed by atoms with E-state index in [9.17, 15) is 0 Å². The molecule has 1 heterocycles. The molecule has 2 rings (SSSR count). The third kappa shape index (κ3) is 1.25. The Kier molecular flexibility index (Phi) is 1.87. The van der Waals surface area contributed by atoms with Gasteiger partial charge in [0.25, 0.3) is 0 Å². The maximum atomic E-state index is 5.75. The molecule has 0 bridgehead atoms. The van der Waals surface area contributed by atoms with Crippen molar-refractivity contribution in [1.29, 1.82) is 0 Å². The maximum Gasteiger partial charge on any atom is 0.140 e. The number of nitrogens with zero attached hydrogens (tertiary/aromatic N) is 3. The van der Waals surface area contributed by atoms with Crippen molar-refractivity contribution in [2.24, 2.45) is 5.73 Å². The molecule has 4 heteroatoms. The van der Waals surface area contributed by atoms with Crippen molar-refractivity contribution in [3.63, 3.8) is 0 Å². The fourth-order valence-electron chi connectivity index (χ4n) is 1.67. The fourth-order valence-corrected chi connectivity index (χ4v) is 1.67. The standard InChI is InChI=1S/C9H16N4/c1-7(2)13-6-11-12-8(13)9(5-10)3-4-9/h6-7H,3-5,10H2,1-2H3. The largest absolute Gasteiger partial charge is 0.329 e. The van der Waals surface area contributed by atoms with E-state index in [1.807, 2.05) is 0 Å². The summed E-state index contributed by atoms with van der Waals surface area (Å²) in [5.41, 5.74) is 5.90. The van der Waals surface area contributed by atoms with Gasteiger partial charge >= 0.3 is 0 Å². The molecule has 0 spiro atoms. The Morgan fingerprint density at radius 1 is 1.62 bits per heavy atom. The molecular weight excluding hydrogens is 164 g/mol. The summed E-state index contributed by atoms with van der Waals surface area (Å²) in [7, 11) is 0. The summed E-state index contributed by atoms with van der Waals surface area (Å²) < 4.78 is 2.12. The van der Waals surface area contributed by atoms with Gasteiger partial charge in [-0.2, -0.15) is 0 Å². The molecule has 0 unspecified atom stereocenters. The fraction of sp³-hybridized carbons (Fsp3) is 0.778. The van der Waals surface area contributed by atoms with Gasteiger partial charge < -0.3 is 10.3 Å². The van der Waals surface area contributed by atoms with Crippen molar-refractivity contribution in [1.82, 2.24) is 14.8 Å². The number of hydrogen-bond acceptors (Lipinski definition) is 3. The maximum absolute atomic E-state index is 5.75. The first kappa shape index (κ1) is 8.69. The molecule has 0 radical (unpaired) electrons. The van der Waals surface area contributed by atoms with Crippen LogP contribution in [0.5, 0.6) is 0 Å². The Morgan fingerprint density at radius 3 is 2.77 bits per heavy atom. The number of nitrogens with two attached hydrogens (primary N) is 1. The van der Waals surface area contributed by atoms with Crippen LogP contribution in [0.3, 0.4) is 0 Å². The van der Waals surface area contributed by atoms with Crippen molar-refractivity contribution in [3.05, 3.63) is 12.2 Å². The lowest BCUT2D eigenvalue weighted by Crippen LogP contribution is -2.24. The first-order valence-electron chi connectivity index (χ1n) is 4.80. The first-order valence-corrected chi connectivity index (χ1v) is 4.80. The molecule has 0 aromatic carbocycles. The molecule has 1 aliphatic carbocycles. The summed E-state index contributed by atoms with van der Waals surface area (Å²) in [5, 5.41) is 8.13.